The van der Waals surface area contributed by atoms with Crippen molar-refractivity contribution in [1.29, 1.82) is 0 Å². The van der Waals surface area contributed by atoms with Crippen LogP contribution in [-0.4, -0.2) is 30.9 Å². The van der Waals surface area contributed by atoms with Crippen LogP contribution in [0.15, 0.2) is 24.4 Å². The third-order valence-corrected chi connectivity index (χ3v) is 5.32. The fourth-order valence-electron chi connectivity index (χ4n) is 3.78. The first-order chi connectivity index (χ1) is 12.9. The second kappa shape index (κ2) is 6.61. The largest absolute Gasteiger partial charge is 0.368 e. The summed E-state index contributed by atoms with van der Waals surface area (Å²) in [5, 5.41) is 11.6. The molecule has 2 unspecified atom stereocenters. The van der Waals surface area contributed by atoms with Crippen LogP contribution >= 0.6 is 0 Å². The first-order valence-corrected chi connectivity index (χ1v) is 8.95. The van der Waals surface area contributed by atoms with Crippen LogP contribution in [0.4, 0.5) is 4.39 Å². The van der Waals surface area contributed by atoms with Gasteiger partial charge in [0.05, 0.1) is 6.20 Å². The smallest absolute Gasteiger partial charge is 0.239 e. The van der Waals surface area contributed by atoms with Crippen LogP contribution in [0.2, 0.25) is 0 Å². The quantitative estimate of drug-likeness (QED) is 0.738. The number of benzene rings is 1. The molecule has 0 saturated carbocycles. The molecule has 1 amide bonds. The van der Waals surface area contributed by atoms with Crippen LogP contribution in [0.25, 0.3) is 11.4 Å². The van der Waals surface area contributed by atoms with Crippen LogP contribution in [-0.2, 0) is 17.8 Å². The van der Waals surface area contributed by atoms with E-state index in [4.69, 9.17) is 5.73 Å². The first kappa shape index (κ1) is 17.4. The fraction of sp³-hybridized carbons (Fsp3) is 0.368. The van der Waals surface area contributed by atoms with E-state index in [1.807, 2.05) is 6.20 Å². The summed E-state index contributed by atoms with van der Waals surface area (Å²) in [7, 11) is 0. The molecule has 1 aromatic carbocycles. The summed E-state index contributed by atoms with van der Waals surface area (Å²) in [4.78, 5) is 16.2. The van der Waals surface area contributed by atoms with Gasteiger partial charge in [0.2, 0.25) is 5.91 Å². The number of aryl methyl sites for hydroxylation is 2. The highest BCUT2D eigenvalue weighted by molar-refractivity contribution is 5.73. The fourth-order valence-corrected chi connectivity index (χ4v) is 3.78. The van der Waals surface area contributed by atoms with E-state index >= 15 is 0 Å². The van der Waals surface area contributed by atoms with E-state index in [9.17, 15) is 9.18 Å². The number of nitrogens with two attached hydrogens (primary N) is 1. The maximum absolute atomic E-state index is 14.0. The van der Waals surface area contributed by atoms with Gasteiger partial charge in [0.25, 0.3) is 0 Å². The summed E-state index contributed by atoms with van der Waals surface area (Å²) in [6.45, 7) is 3.76. The Hall–Kier alpha value is -3.03. The molecule has 0 radical (unpaired) electrons. The van der Waals surface area contributed by atoms with Crippen molar-refractivity contribution in [3.63, 3.8) is 0 Å². The van der Waals surface area contributed by atoms with Gasteiger partial charge in [-0.3, -0.25) is 9.89 Å². The summed E-state index contributed by atoms with van der Waals surface area (Å²) in [5.41, 5.74) is 8.84. The number of H-pyrrole nitrogens is 1. The molecule has 140 valence electrons. The molecule has 1 aliphatic rings. The molecule has 4 rings (SSSR count). The minimum Gasteiger partial charge on any atom is -0.368 e. The van der Waals surface area contributed by atoms with Crippen LogP contribution in [0.5, 0.6) is 0 Å². The zero-order valence-corrected chi connectivity index (χ0v) is 15.2. The highest BCUT2D eigenvalue weighted by Crippen LogP contribution is 2.41. The number of nitrogens with zero attached hydrogens (tertiary/aromatic N) is 4. The van der Waals surface area contributed by atoms with Gasteiger partial charge in [-0.1, -0.05) is 19.1 Å². The molecule has 2 aromatic heterocycles. The van der Waals surface area contributed by atoms with Crippen molar-refractivity contribution in [2.75, 3.05) is 0 Å². The number of amides is 1. The number of hydrogen-bond donors (Lipinski definition) is 2. The van der Waals surface area contributed by atoms with Crippen molar-refractivity contribution in [2.45, 2.75) is 45.1 Å². The number of carbonyl (C=O) groups is 1. The van der Waals surface area contributed by atoms with Crippen molar-refractivity contribution in [2.24, 2.45) is 5.73 Å². The summed E-state index contributed by atoms with van der Waals surface area (Å²) in [6, 6.07) is 4.90. The number of primary amides is 1. The second-order valence-corrected chi connectivity index (χ2v) is 7.12. The monoisotopic (exact) mass is 368 g/mol. The third-order valence-electron chi connectivity index (χ3n) is 5.32. The average molecular weight is 368 g/mol. The summed E-state index contributed by atoms with van der Waals surface area (Å²) in [5.74, 6) is 0.543. The number of aromatic nitrogens is 5. The molecule has 7 nitrogen and oxygen atoms in total. The van der Waals surface area contributed by atoms with Gasteiger partial charge < -0.3 is 5.73 Å². The van der Waals surface area contributed by atoms with Gasteiger partial charge in [-0.15, -0.1) is 0 Å². The zero-order chi connectivity index (χ0) is 19.1. The molecular formula is C19H21FN6O. The number of rotatable bonds is 4. The van der Waals surface area contributed by atoms with Crippen molar-refractivity contribution in [1.82, 2.24) is 25.0 Å². The van der Waals surface area contributed by atoms with Gasteiger partial charge >= 0.3 is 0 Å². The molecule has 1 aliphatic carbocycles. The Balaban J connectivity index is 1.76. The van der Waals surface area contributed by atoms with Gasteiger partial charge in [0.15, 0.2) is 5.82 Å². The van der Waals surface area contributed by atoms with Gasteiger partial charge in [0.1, 0.15) is 18.2 Å². The first-order valence-electron chi connectivity index (χ1n) is 8.95. The number of hydrogen-bond acceptors (Lipinski definition) is 4. The van der Waals surface area contributed by atoms with E-state index in [1.165, 1.54) is 6.07 Å². The highest BCUT2D eigenvalue weighted by Gasteiger charge is 2.33. The highest BCUT2D eigenvalue weighted by atomic mass is 19.1. The molecule has 0 bridgehead atoms. The van der Waals surface area contributed by atoms with E-state index in [0.717, 1.165) is 24.1 Å². The molecule has 8 heteroatoms. The molecule has 2 heterocycles. The van der Waals surface area contributed by atoms with E-state index < -0.39 is 5.91 Å². The molecule has 0 aliphatic heterocycles. The molecule has 0 spiro atoms. The molecule has 2 atom stereocenters. The number of nitrogens with one attached hydrogen (secondary N) is 1. The number of carbonyl (C=O) groups excluding carboxylic acids is 1. The Bertz CT molecular complexity index is 1010. The molecule has 27 heavy (non-hydrogen) atoms. The van der Waals surface area contributed by atoms with E-state index in [2.05, 4.69) is 27.2 Å². The van der Waals surface area contributed by atoms with Gasteiger partial charge in [0, 0.05) is 17.2 Å². The Labute approximate surface area is 155 Å². The average Bonchev–Trinajstić information content (AvgIpc) is 3.25. The van der Waals surface area contributed by atoms with Crippen molar-refractivity contribution < 1.29 is 9.18 Å². The predicted molar refractivity (Wildman–Crippen MR) is 97.4 cm³/mol. The lowest BCUT2D eigenvalue weighted by Crippen LogP contribution is -2.25. The number of aromatic amines is 1. The predicted octanol–water partition coefficient (Wildman–Crippen LogP) is 2.43. The Morgan fingerprint density at radius 3 is 3.00 bits per heavy atom. The standard InChI is InChI=1S/C19H21FN6O/c1-10-3-4-12(7-15(10)20)18-23-19(26(25-18)9-17(21)27)13-5-6-16-14(11(13)2)8-22-24-16/h3-4,7-8,11,13H,5-6,9H2,1-2H3,(H2,21,27)(H,22,24). The Morgan fingerprint density at radius 1 is 1.44 bits per heavy atom. The normalized spacial score (nSPS) is 19.1. The number of fused-ring (bicyclic) bond motifs is 1. The maximum Gasteiger partial charge on any atom is 0.239 e. The van der Waals surface area contributed by atoms with Crippen LogP contribution < -0.4 is 5.73 Å². The zero-order valence-electron chi connectivity index (χ0n) is 15.2. The van der Waals surface area contributed by atoms with E-state index in [-0.39, 0.29) is 24.2 Å². The second-order valence-electron chi connectivity index (χ2n) is 7.12. The number of halogens is 1. The molecular weight excluding hydrogens is 347 g/mol. The van der Waals surface area contributed by atoms with E-state index in [1.54, 1.807) is 23.7 Å². The van der Waals surface area contributed by atoms with Crippen molar-refractivity contribution in [3.8, 4) is 11.4 Å². The topological polar surface area (TPSA) is 102 Å². The van der Waals surface area contributed by atoms with Crippen LogP contribution in [0, 0.1) is 12.7 Å². The van der Waals surface area contributed by atoms with E-state index in [0.29, 0.717) is 22.8 Å². The summed E-state index contributed by atoms with van der Waals surface area (Å²) >= 11 is 0. The molecule has 0 fully saturated rings. The minimum atomic E-state index is -0.491. The van der Waals surface area contributed by atoms with Crippen molar-refractivity contribution in [3.05, 3.63) is 52.9 Å². The molecule has 3 aromatic rings. The Kier molecular flexibility index (Phi) is 4.25. The van der Waals surface area contributed by atoms with Crippen LogP contribution in [0.3, 0.4) is 0 Å². The van der Waals surface area contributed by atoms with Gasteiger partial charge in [-0.2, -0.15) is 10.2 Å². The van der Waals surface area contributed by atoms with Crippen LogP contribution in [0.1, 0.15) is 47.8 Å². The summed E-state index contributed by atoms with van der Waals surface area (Å²) < 4.78 is 15.5. The molecule has 3 N–H and O–H groups in total. The van der Waals surface area contributed by atoms with Crippen molar-refractivity contribution >= 4 is 5.91 Å². The lowest BCUT2D eigenvalue weighted by Gasteiger charge is -2.27. The lowest BCUT2D eigenvalue weighted by molar-refractivity contribution is -0.118. The maximum atomic E-state index is 14.0. The summed E-state index contributed by atoms with van der Waals surface area (Å²) in [6.07, 6.45) is 3.55. The SMILES string of the molecule is Cc1ccc(-c2nc(C3CCc4[nH]ncc4C3C)n(CC(N)=O)n2)cc1F. The Morgan fingerprint density at radius 2 is 2.26 bits per heavy atom. The minimum absolute atomic E-state index is 0.0574. The molecule has 0 saturated heterocycles. The van der Waals surface area contributed by atoms with Gasteiger partial charge in [-0.25, -0.2) is 14.1 Å². The van der Waals surface area contributed by atoms with Gasteiger partial charge in [-0.05, 0) is 42.9 Å². The third kappa shape index (κ3) is 3.11. The lowest BCUT2D eigenvalue weighted by atomic mass is 9.78.